The van der Waals surface area contributed by atoms with Crippen LogP contribution in [0.2, 0.25) is 0 Å². The van der Waals surface area contributed by atoms with E-state index in [9.17, 15) is 9.18 Å². The van der Waals surface area contributed by atoms with Crippen LogP contribution in [0.3, 0.4) is 0 Å². The van der Waals surface area contributed by atoms with E-state index in [1.54, 1.807) is 48.3 Å². The Hall–Kier alpha value is -2.14. The molecule has 0 heterocycles. The summed E-state index contributed by atoms with van der Waals surface area (Å²) in [6, 6.07) is 11.9. The predicted octanol–water partition coefficient (Wildman–Crippen LogP) is 4.45. The number of carboxylic acid groups (broad SMARTS) is 1. The van der Waals surface area contributed by atoms with E-state index in [1.807, 2.05) is 0 Å². The molecule has 108 valence electrons. The molecular formula is C16H13BrFNO2. The number of carbonyl (C=O) groups is 1. The van der Waals surface area contributed by atoms with Gasteiger partial charge in [0.25, 0.3) is 0 Å². The fourth-order valence-corrected chi connectivity index (χ4v) is 2.58. The molecule has 21 heavy (non-hydrogen) atoms. The second kappa shape index (κ2) is 6.54. The summed E-state index contributed by atoms with van der Waals surface area (Å²) < 4.78 is 14.6. The fourth-order valence-electron chi connectivity index (χ4n) is 1.92. The van der Waals surface area contributed by atoms with E-state index in [0.717, 1.165) is 21.8 Å². The Kier molecular flexibility index (Phi) is 4.75. The van der Waals surface area contributed by atoms with E-state index < -0.39 is 5.97 Å². The molecule has 0 amide bonds. The van der Waals surface area contributed by atoms with Gasteiger partial charge in [-0.3, -0.25) is 0 Å². The third kappa shape index (κ3) is 3.70. The van der Waals surface area contributed by atoms with Crippen molar-refractivity contribution in [1.29, 1.82) is 0 Å². The lowest BCUT2D eigenvalue weighted by Crippen LogP contribution is -2.11. The highest BCUT2D eigenvalue weighted by atomic mass is 79.9. The van der Waals surface area contributed by atoms with Crippen molar-refractivity contribution in [2.24, 2.45) is 0 Å². The van der Waals surface area contributed by atoms with Gasteiger partial charge in [0.2, 0.25) is 0 Å². The third-order valence-electron chi connectivity index (χ3n) is 2.97. The van der Waals surface area contributed by atoms with Crippen molar-refractivity contribution in [1.82, 2.24) is 0 Å². The van der Waals surface area contributed by atoms with Crippen LogP contribution >= 0.6 is 15.9 Å². The van der Waals surface area contributed by atoms with Crippen LogP contribution in [-0.2, 0) is 4.79 Å². The largest absolute Gasteiger partial charge is 0.478 e. The number of hydrogen-bond donors (Lipinski definition) is 1. The number of nitrogens with zero attached hydrogens (tertiary/aromatic N) is 1. The molecule has 2 rings (SSSR count). The highest BCUT2D eigenvalue weighted by molar-refractivity contribution is 9.10. The van der Waals surface area contributed by atoms with E-state index in [4.69, 9.17) is 5.11 Å². The highest BCUT2D eigenvalue weighted by Crippen LogP contribution is 2.33. The van der Waals surface area contributed by atoms with Crippen LogP contribution in [0.4, 0.5) is 15.8 Å². The van der Waals surface area contributed by atoms with Crippen LogP contribution in [-0.4, -0.2) is 18.1 Å². The smallest absolute Gasteiger partial charge is 0.328 e. The van der Waals surface area contributed by atoms with Gasteiger partial charge in [-0.15, -0.1) is 0 Å². The van der Waals surface area contributed by atoms with Gasteiger partial charge in [0, 0.05) is 17.6 Å². The molecule has 0 aliphatic carbocycles. The minimum absolute atomic E-state index is 0.304. The summed E-state index contributed by atoms with van der Waals surface area (Å²) in [7, 11) is 1.77. The monoisotopic (exact) mass is 349 g/mol. The second-order valence-electron chi connectivity index (χ2n) is 4.39. The molecule has 0 bridgehead atoms. The molecule has 0 saturated heterocycles. The van der Waals surface area contributed by atoms with Crippen LogP contribution < -0.4 is 4.90 Å². The molecule has 0 aliphatic rings. The molecular weight excluding hydrogens is 337 g/mol. The summed E-state index contributed by atoms with van der Waals surface area (Å²) in [5, 5.41) is 8.62. The normalized spacial score (nSPS) is 10.8. The summed E-state index contributed by atoms with van der Waals surface area (Å²) in [5.74, 6) is -1.31. The van der Waals surface area contributed by atoms with E-state index in [0.29, 0.717) is 5.69 Å². The number of halogens is 2. The lowest BCUT2D eigenvalue weighted by atomic mass is 10.1. The molecule has 0 aromatic heterocycles. The zero-order valence-electron chi connectivity index (χ0n) is 11.3. The van der Waals surface area contributed by atoms with E-state index in [-0.39, 0.29) is 5.82 Å². The zero-order chi connectivity index (χ0) is 15.4. The Bertz CT molecular complexity index is 700. The summed E-state index contributed by atoms with van der Waals surface area (Å²) >= 11 is 3.43. The van der Waals surface area contributed by atoms with Crippen molar-refractivity contribution < 1.29 is 14.3 Å². The van der Waals surface area contributed by atoms with Gasteiger partial charge in [-0.2, -0.15) is 0 Å². The van der Waals surface area contributed by atoms with Gasteiger partial charge in [0.15, 0.2) is 0 Å². The molecule has 5 heteroatoms. The number of carboxylic acids is 1. The maximum Gasteiger partial charge on any atom is 0.328 e. The molecule has 0 aliphatic heterocycles. The van der Waals surface area contributed by atoms with Crippen LogP contribution in [0, 0.1) is 5.82 Å². The van der Waals surface area contributed by atoms with Gasteiger partial charge in [-0.05, 0) is 51.8 Å². The number of para-hydroxylation sites is 1. The van der Waals surface area contributed by atoms with Crippen LogP contribution in [0.25, 0.3) is 6.08 Å². The second-order valence-corrected chi connectivity index (χ2v) is 5.25. The first kappa shape index (κ1) is 15.3. The Morgan fingerprint density at radius 2 is 1.95 bits per heavy atom. The Labute approximate surface area is 130 Å². The first-order chi connectivity index (χ1) is 9.99. The van der Waals surface area contributed by atoms with Crippen molar-refractivity contribution in [2.45, 2.75) is 0 Å². The van der Waals surface area contributed by atoms with E-state index >= 15 is 0 Å². The van der Waals surface area contributed by atoms with Crippen LogP contribution in [0.1, 0.15) is 5.56 Å². The number of rotatable bonds is 4. The fraction of sp³-hybridized carbons (Fsp3) is 0.0625. The van der Waals surface area contributed by atoms with Gasteiger partial charge < -0.3 is 10.0 Å². The minimum atomic E-state index is -1.00. The standard InChI is InChI=1S/C16H13BrFNO2/c1-19(15-5-3-2-4-13(15)18)14-8-6-11(10-12(14)17)7-9-16(20)21/h2-10H,1H3,(H,20,21)/b9-7+. The first-order valence-corrected chi connectivity index (χ1v) is 6.97. The lowest BCUT2D eigenvalue weighted by molar-refractivity contribution is -0.131. The Morgan fingerprint density at radius 3 is 2.57 bits per heavy atom. The summed E-state index contributed by atoms with van der Waals surface area (Å²) in [6.07, 6.45) is 2.57. The maximum absolute atomic E-state index is 13.8. The Morgan fingerprint density at radius 1 is 1.24 bits per heavy atom. The molecule has 0 atom stereocenters. The number of anilines is 2. The van der Waals surface area contributed by atoms with Crippen molar-refractivity contribution in [3.8, 4) is 0 Å². The number of benzene rings is 2. The van der Waals surface area contributed by atoms with Gasteiger partial charge >= 0.3 is 5.97 Å². The maximum atomic E-state index is 13.8. The summed E-state index contributed by atoms with van der Waals surface area (Å²) in [5.41, 5.74) is 1.99. The van der Waals surface area contributed by atoms with Crippen LogP contribution in [0.15, 0.2) is 53.0 Å². The quantitative estimate of drug-likeness (QED) is 0.828. The molecule has 1 N–H and O–H groups in total. The van der Waals surface area contributed by atoms with Gasteiger partial charge in [-0.25, -0.2) is 9.18 Å². The topological polar surface area (TPSA) is 40.5 Å². The molecule has 0 fully saturated rings. The summed E-state index contributed by atoms with van der Waals surface area (Å²) in [6.45, 7) is 0. The molecule has 2 aromatic carbocycles. The third-order valence-corrected chi connectivity index (χ3v) is 3.60. The van der Waals surface area contributed by atoms with Crippen molar-refractivity contribution in [3.05, 3.63) is 64.4 Å². The molecule has 3 nitrogen and oxygen atoms in total. The molecule has 0 radical (unpaired) electrons. The molecule has 0 saturated carbocycles. The number of hydrogen-bond acceptors (Lipinski definition) is 2. The van der Waals surface area contributed by atoms with Crippen molar-refractivity contribution >= 4 is 39.4 Å². The van der Waals surface area contributed by atoms with Gasteiger partial charge in [0.05, 0.1) is 11.4 Å². The average molecular weight is 350 g/mol. The molecule has 0 unspecified atom stereocenters. The van der Waals surface area contributed by atoms with Crippen molar-refractivity contribution in [2.75, 3.05) is 11.9 Å². The Balaban J connectivity index is 2.33. The first-order valence-electron chi connectivity index (χ1n) is 6.18. The highest BCUT2D eigenvalue weighted by Gasteiger charge is 2.11. The predicted molar refractivity (Wildman–Crippen MR) is 85.3 cm³/mol. The van der Waals surface area contributed by atoms with Crippen LogP contribution in [0.5, 0.6) is 0 Å². The lowest BCUT2D eigenvalue weighted by Gasteiger charge is -2.21. The molecule has 2 aromatic rings. The minimum Gasteiger partial charge on any atom is -0.478 e. The molecule has 0 spiro atoms. The number of aliphatic carboxylic acids is 1. The zero-order valence-corrected chi connectivity index (χ0v) is 12.8. The van der Waals surface area contributed by atoms with Gasteiger partial charge in [0.1, 0.15) is 5.82 Å². The average Bonchev–Trinajstić information content (AvgIpc) is 2.45. The SMILES string of the molecule is CN(c1ccccc1F)c1ccc(/C=C/C(=O)O)cc1Br. The van der Waals surface area contributed by atoms with Gasteiger partial charge in [-0.1, -0.05) is 18.2 Å². The van der Waals surface area contributed by atoms with E-state index in [2.05, 4.69) is 15.9 Å². The van der Waals surface area contributed by atoms with Crippen molar-refractivity contribution in [3.63, 3.8) is 0 Å². The van der Waals surface area contributed by atoms with E-state index in [1.165, 1.54) is 12.1 Å². The summed E-state index contributed by atoms with van der Waals surface area (Å²) in [4.78, 5) is 12.2.